The summed E-state index contributed by atoms with van der Waals surface area (Å²) >= 11 is 0. The smallest absolute Gasteiger partial charge is 0.340 e. The maximum Gasteiger partial charge on any atom is 0.340 e. The molecule has 2 aromatic rings. The zero-order valence-electron chi connectivity index (χ0n) is 16.0. The Kier molecular flexibility index (Phi) is 5.92. The van der Waals surface area contributed by atoms with Gasteiger partial charge in [-0.3, -0.25) is 19.4 Å². The summed E-state index contributed by atoms with van der Waals surface area (Å²) < 4.78 is 10.8. The third kappa shape index (κ3) is 4.43. The third-order valence-corrected chi connectivity index (χ3v) is 4.53. The lowest BCUT2D eigenvalue weighted by atomic mass is 10.1. The normalized spacial score (nSPS) is 18.3. The minimum Gasteiger partial charge on any atom is -0.432 e. The minimum absolute atomic E-state index is 0.176. The Balaban J connectivity index is 1.81. The van der Waals surface area contributed by atoms with Gasteiger partial charge in [0.25, 0.3) is 0 Å². The summed E-state index contributed by atoms with van der Waals surface area (Å²) in [5.41, 5.74) is 2.48. The van der Waals surface area contributed by atoms with Crippen LogP contribution in [0.4, 0.5) is 0 Å². The average molecular weight is 396 g/mol. The molecule has 0 saturated carbocycles. The third-order valence-electron chi connectivity index (χ3n) is 4.53. The van der Waals surface area contributed by atoms with Crippen molar-refractivity contribution in [2.75, 3.05) is 6.67 Å². The summed E-state index contributed by atoms with van der Waals surface area (Å²) in [6, 6.07) is 13.3. The number of carbonyl (C=O) groups excluding carboxylic acids is 4. The van der Waals surface area contributed by atoms with Gasteiger partial charge in [-0.2, -0.15) is 0 Å². The number of ether oxygens (including phenoxy) is 2. The molecule has 3 rings (SSSR count). The van der Waals surface area contributed by atoms with Crippen molar-refractivity contribution in [2.24, 2.45) is 0 Å². The average Bonchev–Trinajstić information content (AvgIpc) is 3.05. The highest BCUT2D eigenvalue weighted by Crippen LogP contribution is 2.23. The zero-order valence-corrected chi connectivity index (χ0v) is 16.0. The topological polar surface area (TPSA) is 93.2 Å². The number of hydrogen-bond donors (Lipinski definition) is 0. The predicted molar refractivity (Wildman–Crippen MR) is 101 cm³/mol. The quantitative estimate of drug-likeness (QED) is 0.547. The van der Waals surface area contributed by atoms with Crippen molar-refractivity contribution < 1.29 is 28.7 Å². The van der Waals surface area contributed by atoms with Crippen molar-refractivity contribution in [2.45, 2.75) is 26.3 Å². The molecular formula is C21H20N2O6. The highest BCUT2D eigenvalue weighted by molar-refractivity contribution is 5.90. The molecule has 2 aromatic carbocycles. The summed E-state index contributed by atoms with van der Waals surface area (Å²) in [4.78, 5) is 50.0. The van der Waals surface area contributed by atoms with Crippen molar-refractivity contribution in [3.63, 3.8) is 0 Å². The van der Waals surface area contributed by atoms with E-state index in [1.165, 1.54) is 0 Å². The van der Waals surface area contributed by atoms with E-state index in [2.05, 4.69) is 0 Å². The predicted octanol–water partition coefficient (Wildman–Crippen LogP) is 1.86. The number of esters is 2. The highest BCUT2D eigenvalue weighted by Gasteiger charge is 2.45. The second kappa shape index (κ2) is 8.55. The Morgan fingerprint density at radius 2 is 1.10 bits per heavy atom. The van der Waals surface area contributed by atoms with Gasteiger partial charge < -0.3 is 9.47 Å². The molecule has 29 heavy (non-hydrogen) atoms. The Labute approximate surface area is 167 Å². The Hall–Kier alpha value is -3.68. The summed E-state index contributed by atoms with van der Waals surface area (Å²) in [6.45, 7) is 3.58. The molecule has 2 atom stereocenters. The standard InChI is InChI=1S/C21H20N2O6/c1-14-3-7-16(8-4-14)20(26)28-18-19(23(13-25)11-22(18)12-24)29-21(27)17-9-5-15(2)6-10-17/h3-10,12-13,18-19H,11H2,1-2H3. The number of benzene rings is 2. The van der Waals surface area contributed by atoms with Crippen LogP contribution in [0.2, 0.25) is 0 Å². The van der Waals surface area contributed by atoms with Gasteiger partial charge in [0.2, 0.25) is 25.3 Å². The molecule has 0 aromatic heterocycles. The van der Waals surface area contributed by atoms with Crippen LogP contribution >= 0.6 is 0 Å². The van der Waals surface area contributed by atoms with Crippen LogP contribution in [-0.2, 0) is 19.1 Å². The zero-order chi connectivity index (χ0) is 21.0. The molecule has 1 aliphatic rings. The number of rotatable bonds is 6. The van der Waals surface area contributed by atoms with Gasteiger partial charge in [-0.1, -0.05) is 35.4 Å². The van der Waals surface area contributed by atoms with Crippen molar-refractivity contribution in [1.82, 2.24) is 9.80 Å². The molecule has 150 valence electrons. The van der Waals surface area contributed by atoms with Gasteiger partial charge in [0, 0.05) is 0 Å². The van der Waals surface area contributed by atoms with Gasteiger partial charge in [-0.15, -0.1) is 0 Å². The Bertz CT molecular complexity index is 834. The fraction of sp³-hybridized carbons (Fsp3) is 0.238. The number of aryl methyl sites for hydroxylation is 2. The van der Waals surface area contributed by atoms with E-state index in [4.69, 9.17) is 9.47 Å². The number of hydrogen-bond acceptors (Lipinski definition) is 6. The first-order valence-electron chi connectivity index (χ1n) is 8.90. The molecular weight excluding hydrogens is 376 g/mol. The lowest BCUT2D eigenvalue weighted by molar-refractivity contribution is -0.135. The van der Waals surface area contributed by atoms with E-state index in [0.717, 1.165) is 20.9 Å². The van der Waals surface area contributed by atoms with Gasteiger partial charge in [0.05, 0.1) is 11.1 Å². The van der Waals surface area contributed by atoms with Crippen molar-refractivity contribution >= 4 is 24.8 Å². The number of nitrogens with zero attached hydrogens (tertiary/aromatic N) is 2. The lowest BCUT2D eigenvalue weighted by Crippen LogP contribution is -2.43. The molecule has 2 unspecified atom stereocenters. The molecule has 0 radical (unpaired) electrons. The van der Waals surface area contributed by atoms with E-state index in [-0.39, 0.29) is 17.8 Å². The van der Waals surface area contributed by atoms with E-state index in [0.29, 0.717) is 12.8 Å². The summed E-state index contributed by atoms with van der Waals surface area (Å²) in [5.74, 6) is -1.41. The van der Waals surface area contributed by atoms with Crippen molar-refractivity contribution in [1.29, 1.82) is 0 Å². The van der Waals surface area contributed by atoms with E-state index in [1.807, 2.05) is 13.8 Å². The van der Waals surface area contributed by atoms with Gasteiger partial charge in [-0.05, 0) is 38.1 Å². The maximum absolute atomic E-state index is 12.5. The molecule has 1 saturated heterocycles. The molecule has 1 fully saturated rings. The van der Waals surface area contributed by atoms with E-state index < -0.39 is 24.4 Å². The van der Waals surface area contributed by atoms with Crippen LogP contribution in [-0.4, -0.2) is 53.7 Å². The Morgan fingerprint density at radius 3 is 1.41 bits per heavy atom. The van der Waals surface area contributed by atoms with Crippen molar-refractivity contribution in [3.8, 4) is 0 Å². The van der Waals surface area contributed by atoms with Crippen LogP contribution in [0, 0.1) is 13.8 Å². The van der Waals surface area contributed by atoms with Gasteiger partial charge in [-0.25, -0.2) is 9.59 Å². The molecule has 0 bridgehead atoms. The maximum atomic E-state index is 12.5. The van der Waals surface area contributed by atoms with Crippen LogP contribution in [0.3, 0.4) is 0 Å². The first kappa shape index (κ1) is 20.1. The van der Waals surface area contributed by atoms with Crippen LogP contribution in [0.25, 0.3) is 0 Å². The molecule has 8 heteroatoms. The van der Waals surface area contributed by atoms with Crippen molar-refractivity contribution in [3.05, 3.63) is 70.8 Å². The van der Waals surface area contributed by atoms with Gasteiger partial charge in [0.15, 0.2) is 0 Å². The van der Waals surface area contributed by atoms with Crippen LogP contribution in [0.1, 0.15) is 31.8 Å². The first-order valence-corrected chi connectivity index (χ1v) is 8.90. The van der Waals surface area contributed by atoms with Crippen LogP contribution in [0.5, 0.6) is 0 Å². The second-order valence-electron chi connectivity index (χ2n) is 6.70. The SMILES string of the molecule is Cc1ccc(C(=O)OC2C(OC(=O)c3ccc(C)cc3)N(C=O)CN2C=O)cc1. The molecule has 8 nitrogen and oxygen atoms in total. The molecule has 0 aliphatic carbocycles. The van der Waals surface area contributed by atoms with E-state index in [1.54, 1.807) is 48.5 Å². The molecule has 0 N–H and O–H groups in total. The van der Waals surface area contributed by atoms with Gasteiger partial charge in [0.1, 0.15) is 6.67 Å². The molecule has 1 aliphatic heterocycles. The van der Waals surface area contributed by atoms with Crippen LogP contribution in [0.15, 0.2) is 48.5 Å². The fourth-order valence-corrected chi connectivity index (χ4v) is 2.85. The van der Waals surface area contributed by atoms with Crippen LogP contribution < -0.4 is 0 Å². The minimum atomic E-state index is -1.26. The number of carbonyl (C=O) groups is 4. The summed E-state index contributed by atoms with van der Waals surface area (Å²) in [6.07, 6.45) is -1.66. The molecule has 0 spiro atoms. The van der Waals surface area contributed by atoms with E-state index >= 15 is 0 Å². The summed E-state index contributed by atoms with van der Waals surface area (Å²) in [5, 5.41) is 0. The largest absolute Gasteiger partial charge is 0.432 e. The van der Waals surface area contributed by atoms with Gasteiger partial charge >= 0.3 is 11.9 Å². The number of amides is 2. The monoisotopic (exact) mass is 396 g/mol. The summed E-state index contributed by atoms with van der Waals surface area (Å²) in [7, 11) is 0. The molecule has 2 amide bonds. The molecule has 1 heterocycles. The Morgan fingerprint density at radius 1 is 0.759 bits per heavy atom. The lowest BCUT2D eigenvalue weighted by Gasteiger charge is -2.25. The second-order valence-corrected chi connectivity index (χ2v) is 6.70. The fourth-order valence-electron chi connectivity index (χ4n) is 2.85. The first-order chi connectivity index (χ1) is 13.9. The van der Waals surface area contributed by atoms with E-state index in [9.17, 15) is 19.2 Å². The highest BCUT2D eigenvalue weighted by atomic mass is 16.6.